The molecule has 0 saturated heterocycles. The molecular weight excluding hydrogens is 410 g/mol. The molecule has 164 valence electrons. The molecule has 0 spiro atoms. The smallest absolute Gasteiger partial charge is 0.242 e. The molecule has 0 radical (unpaired) electrons. The third-order valence-corrected chi connectivity index (χ3v) is 5.55. The number of halogens is 1. The average molecular weight is 440 g/mol. The number of hydrogen-bond donors (Lipinski definition) is 1. The number of nitrogens with zero attached hydrogens (tertiary/aromatic N) is 2. The molecule has 1 aromatic heterocycles. The molecule has 0 aliphatic heterocycles. The monoisotopic (exact) mass is 439 g/mol. The number of hydrogen-bond acceptors (Lipinski definition) is 2. The van der Waals surface area contributed by atoms with E-state index in [1.165, 1.54) is 10.9 Å². The van der Waals surface area contributed by atoms with Crippen molar-refractivity contribution in [3.8, 4) is 0 Å². The number of benzene rings is 2. The highest BCUT2D eigenvalue weighted by Gasteiger charge is 2.23. The molecule has 1 unspecified atom stereocenters. The van der Waals surface area contributed by atoms with Gasteiger partial charge in [-0.15, -0.1) is 11.6 Å². The van der Waals surface area contributed by atoms with Crippen molar-refractivity contribution in [3.05, 3.63) is 71.9 Å². The van der Waals surface area contributed by atoms with Crippen molar-refractivity contribution >= 4 is 34.3 Å². The van der Waals surface area contributed by atoms with Crippen LogP contribution in [0.1, 0.15) is 31.4 Å². The summed E-state index contributed by atoms with van der Waals surface area (Å²) in [6, 6.07) is 18.1. The van der Waals surface area contributed by atoms with Crippen LogP contribution in [0.5, 0.6) is 0 Å². The second-order valence-electron chi connectivity index (χ2n) is 7.79. The summed E-state index contributed by atoms with van der Waals surface area (Å²) in [7, 11) is 0. The minimum Gasteiger partial charge on any atom is -0.361 e. The van der Waals surface area contributed by atoms with Crippen LogP contribution in [0.3, 0.4) is 0 Å². The number of nitrogens with one attached hydrogen (secondary N) is 1. The maximum absolute atomic E-state index is 13.3. The number of aromatic nitrogens is 1. The first-order valence-corrected chi connectivity index (χ1v) is 11.2. The highest BCUT2D eigenvalue weighted by atomic mass is 35.5. The lowest BCUT2D eigenvalue weighted by molar-refractivity contribution is -0.140. The minimum absolute atomic E-state index is 0.0461. The number of alkyl halides is 1. The molecule has 0 aliphatic rings. The van der Waals surface area contributed by atoms with E-state index in [4.69, 9.17) is 11.6 Å². The normalized spacial score (nSPS) is 12.0. The zero-order chi connectivity index (χ0) is 22.2. The number of para-hydroxylation sites is 1. The Bertz CT molecular complexity index is 1000. The Morgan fingerprint density at radius 1 is 1.00 bits per heavy atom. The Kier molecular flexibility index (Phi) is 8.13. The van der Waals surface area contributed by atoms with Gasteiger partial charge in [-0.25, -0.2) is 0 Å². The van der Waals surface area contributed by atoms with Gasteiger partial charge in [-0.1, -0.05) is 55.5 Å². The molecule has 31 heavy (non-hydrogen) atoms. The molecule has 1 N–H and O–H groups in total. The Hall–Kier alpha value is -2.79. The number of amides is 2. The van der Waals surface area contributed by atoms with Gasteiger partial charge in [-0.2, -0.15) is 0 Å². The van der Waals surface area contributed by atoms with E-state index in [1.54, 1.807) is 11.8 Å². The summed E-state index contributed by atoms with van der Waals surface area (Å²) in [5.41, 5.74) is 3.33. The number of rotatable bonds is 10. The maximum atomic E-state index is 13.3. The summed E-state index contributed by atoms with van der Waals surface area (Å²) < 4.78 is 0. The summed E-state index contributed by atoms with van der Waals surface area (Å²) in [6.07, 6.45) is 3.52. The van der Waals surface area contributed by atoms with Crippen LogP contribution in [-0.4, -0.2) is 51.6 Å². The predicted octanol–water partition coefficient (Wildman–Crippen LogP) is 4.61. The third kappa shape index (κ3) is 6.11. The number of carbonyl (C=O) groups is 2. The van der Waals surface area contributed by atoms with Gasteiger partial charge in [0.25, 0.3) is 0 Å². The van der Waals surface area contributed by atoms with Gasteiger partial charge in [0, 0.05) is 36.7 Å². The molecule has 5 nitrogen and oxygen atoms in total. The molecule has 0 saturated carbocycles. The van der Waals surface area contributed by atoms with Crippen molar-refractivity contribution in [3.63, 3.8) is 0 Å². The first kappa shape index (κ1) is 22.9. The zero-order valence-electron chi connectivity index (χ0n) is 18.2. The highest BCUT2D eigenvalue weighted by Crippen LogP contribution is 2.19. The van der Waals surface area contributed by atoms with Crippen molar-refractivity contribution in [1.82, 2.24) is 14.8 Å². The van der Waals surface area contributed by atoms with Gasteiger partial charge in [0.2, 0.25) is 11.8 Å². The second kappa shape index (κ2) is 11.0. The van der Waals surface area contributed by atoms with Crippen LogP contribution >= 0.6 is 11.6 Å². The Morgan fingerprint density at radius 2 is 1.71 bits per heavy atom. The van der Waals surface area contributed by atoms with Crippen molar-refractivity contribution in [2.45, 2.75) is 38.6 Å². The summed E-state index contributed by atoms with van der Waals surface area (Å²) in [5.74, 6) is -0.268. The molecular formula is C25H30ClN3O2. The molecule has 6 heteroatoms. The molecule has 3 aromatic rings. The predicted molar refractivity (Wildman–Crippen MR) is 126 cm³/mol. The largest absolute Gasteiger partial charge is 0.361 e. The lowest BCUT2D eigenvalue weighted by atomic mass is 10.1. The van der Waals surface area contributed by atoms with Crippen molar-refractivity contribution in [2.75, 3.05) is 19.6 Å². The Balaban J connectivity index is 1.76. The fourth-order valence-corrected chi connectivity index (χ4v) is 3.88. The topological polar surface area (TPSA) is 56.4 Å². The molecule has 0 bridgehead atoms. The molecule has 0 aliphatic carbocycles. The first-order chi connectivity index (χ1) is 15.0. The molecule has 1 atom stereocenters. The second-order valence-corrected chi connectivity index (χ2v) is 8.44. The number of fused-ring (bicyclic) bond motifs is 1. The van der Waals surface area contributed by atoms with Crippen LogP contribution < -0.4 is 0 Å². The van der Waals surface area contributed by atoms with Gasteiger partial charge < -0.3 is 14.8 Å². The van der Waals surface area contributed by atoms with Gasteiger partial charge in [0.05, 0.1) is 6.54 Å². The quantitative estimate of drug-likeness (QED) is 0.469. The van der Waals surface area contributed by atoms with Gasteiger partial charge in [0.1, 0.15) is 5.38 Å². The minimum atomic E-state index is -0.645. The molecule has 2 amide bonds. The van der Waals surface area contributed by atoms with E-state index >= 15 is 0 Å². The molecule has 2 aromatic carbocycles. The molecule has 0 fully saturated rings. The van der Waals surface area contributed by atoms with Crippen molar-refractivity contribution in [2.24, 2.45) is 0 Å². The fourth-order valence-electron chi connectivity index (χ4n) is 3.74. The SMILES string of the molecule is CCCN(CC(=O)N(CCc1c[nH]c2ccccc12)Cc1ccccc1)C(=O)C(C)Cl. The van der Waals surface area contributed by atoms with Crippen LogP contribution in [0.4, 0.5) is 0 Å². The summed E-state index contributed by atoms with van der Waals surface area (Å²) in [6.45, 7) is 5.28. The average Bonchev–Trinajstić information content (AvgIpc) is 3.19. The van der Waals surface area contributed by atoms with E-state index in [0.717, 1.165) is 23.9 Å². The van der Waals surface area contributed by atoms with Crippen LogP contribution in [0, 0.1) is 0 Å². The van der Waals surface area contributed by atoms with Gasteiger partial charge in [-0.3, -0.25) is 9.59 Å². The Morgan fingerprint density at radius 3 is 2.42 bits per heavy atom. The maximum Gasteiger partial charge on any atom is 0.242 e. The lowest BCUT2D eigenvalue weighted by Crippen LogP contribution is -2.45. The van der Waals surface area contributed by atoms with E-state index < -0.39 is 5.38 Å². The Labute approximate surface area is 189 Å². The van der Waals surface area contributed by atoms with Gasteiger partial charge in [0.15, 0.2) is 0 Å². The first-order valence-electron chi connectivity index (χ1n) is 10.8. The van der Waals surface area contributed by atoms with Gasteiger partial charge >= 0.3 is 0 Å². The number of aromatic amines is 1. The van der Waals surface area contributed by atoms with E-state index in [-0.39, 0.29) is 18.4 Å². The van der Waals surface area contributed by atoms with Crippen LogP contribution in [-0.2, 0) is 22.6 Å². The van der Waals surface area contributed by atoms with Crippen molar-refractivity contribution in [1.29, 1.82) is 0 Å². The summed E-state index contributed by atoms with van der Waals surface area (Å²) >= 11 is 6.02. The summed E-state index contributed by atoms with van der Waals surface area (Å²) in [4.78, 5) is 32.4. The van der Waals surface area contributed by atoms with Gasteiger partial charge in [-0.05, 0) is 37.0 Å². The van der Waals surface area contributed by atoms with E-state index in [1.807, 2.05) is 66.6 Å². The highest BCUT2D eigenvalue weighted by molar-refractivity contribution is 6.30. The fraction of sp³-hybridized carbons (Fsp3) is 0.360. The summed E-state index contributed by atoms with van der Waals surface area (Å²) in [5, 5.41) is 0.529. The van der Waals surface area contributed by atoms with E-state index in [9.17, 15) is 9.59 Å². The van der Waals surface area contributed by atoms with Crippen molar-refractivity contribution < 1.29 is 9.59 Å². The zero-order valence-corrected chi connectivity index (χ0v) is 18.9. The van der Waals surface area contributed by atoms with E-state index in [0.29, 0.717) is 19.6 Å². The van der Waals surface area contributed by atoms with Crippen LogP contribution in [0.2, 0.25) is 0 Å². The standard InChI is InChI=1S/C25H30ClN3O2/c1-3-14-29(25(31)19(2)26)18-24(30)28(17-20-9-5-4-6-10-20)15-13-21-16-27-23-12-8-7-11-22(21)23/h4-12,16,19,27H,3,13-15,17-18H2,1-2H3. The number of H-pyrrole nitrogens is 1. The van der Waals surface area contributed by atoms with Crippen LogP contribution in [0.15, 0.2) is 60.8 Å². The lowest BCUT2D eigenvalue weighted by Gasteiger charge is -2.28. The number of carbonyl (C=O) groups excluding carboxylic acids is 2. The van der Waals surface area contributed by atoms with E-state index in [2.05, 4.69) is 11.1 Å². The third-order valence-electron chi connectivity index (χ3n) is 5.37. The molecule has 3 rings (SSSR count). The van der Waals surface area contributed by atoms with Crippen LogP contribution in [0.25, 0.3) is 10.9 Å². The molecule has 1 heterocycles.